The monoisotopic (exact) mass is 276 g/mol. The third-order valence-electron chi connectivity index (χ3n) is 3.82. The molecule has 1 aromatic carbocycles. The summed E-state index contributed by atoms with van der Waals surface area (Å²) in [4.78, 5) is 15.7. The van der Waals surface area contributed by atoms with Gasteiger partial charge in [-0.2, -0.15) is 0 Å². The van der Waals surface area contributed by atoms with Gasteiger partial charge in [0.15, 0.2) is 0 Å². The highest BCUT2D eigenvalue weighted by Crippen LogP contribution is 2.27. The number of nitrogens with zero attached hydrogens (tertiary/aromatic N) is 1. The Bertz CT molecular complexity index is 473. The van der Waals surface area contributed by atoms with Crippen molar-refractivity contribution in [2.75, 3.05) is 17.7 Å². The molecule has 3 rings (SSSR count). The second-order valence-electron chi connectivity index (χ2n) is 5.33. The average molecular weight is 276 g/mol. The van der Waals surface area contributed by atoms with E-state index in [-0.39, 0.29) is 11.9 Å². The average Bonchev–Trinajstić information content (AvgIpc) is 3.25. The maximum absolute atomic E-state index is 12.5. The maximum atomic E-state index is 12.5. The van der Waals surface area contributed by atoms with E-state index < -0.39 is 0 Å². The Morgan fingerprint density at radius 2 is 2.16 bits per heavy atom. The number of anilines is 1. The summed E-state index contributed by atoms with van der Waals surface area (Å²) in [5.41, 5.74) is 1.04. The highest BCUT2D eigenvalue weighted by Gasteiger charge is 2.33. The summed E-state index contributed by atoms with van der Waals surface area (Å²) in [6.07, 6.45) is 6.58. The topological polar surface area (TPSA) is 32.3 Å². The Labute approximate surface area is 118 Å². The fraction of sp³-hybridized carbons (Fsp3) is 0.533. The molecule has 1 aromatic rings. The lowest BCUT2D eigenvalue weighted by Crippen LogP contribution is -2.51. The molecular weight excluding hydrogens is 256 g/mol. The second-order valence-corrected chi connectivity index (χ2v) is 6.21. The summed E-state index contributed by atoms with van der Waals surface area (Å²) in [6, 6.07) is 8.89. The molecule has 1 amide bonds. The quantitative estimate of drug-likeness (QED) is 0.858. The summed E-state index contributed by atoms with van der Waals surface area (Å²) in [7, 11) is 0. The van der Waals surface area contributed by atoms with Crippen molar-refractivity contribution in [1.29, 1.82) is 0 Å². The first kappa shape index (κ1) is 13.0. The molecule has 1 N–H and O–H groups in total. The molecule has 4 heteroatoms. The number of carbonyl (C=O) groups is 1. The molecule has 1 heterocycles. The van der Waals surface area contributed by atoms with Crippen LogP contribution in [0.1, 0.15) is 25.7 Å². The number of hydrogen-bond acceptors (Lipinski definition) is 3. The Kier molecular flexibility index (Phi) is 3.80. The van der Waals surface area contributed by atoms with Crippen LogP contribution in [-0.4, -0.2) is 30.8 Å². The summed E-state index contributed by atoms with van der Waals surface area (Å²) < 4.78 is 0. The molecule has 0 aromatic heterocycles. The molecule has 1 aliphatic heterocycles. The number of hydrogen-bond donors (Lipinski definition) is 1. The minimum atomic E-state index is 0.0270. The molecule has 0 radical (unpaired) electrons. The van der Waals surface area contributed by atoms with Crippen molar-refractivity contribution < 1.29 is 4.79 Å². The maximum Gasteiger partial charge on any atom is 0.244 e. The predicted octanol–water partition coefficient (Wildman–Crippen LogP) is 2.66. The lowest BCUT2D eigenvalue weighted by molar-refractivity contribution is -0.121. The highest BCUT2D eigenvalue weighted by molar-refractivity contribution is 7.98. The van der Waals surface area contributed by atoms with Gasteiger partial charge in [0, 0.05) is 23.2 Å². The van der Waals surface area contributed by atoms with E-state index in [9.17, 15) is 4.79 Å². The van der Waals surface area contributed by atoms with E-state index >= 15 is 0 Å². The molecule has 0 bridgehead atoms. The highest BCUT2D eigenvalue weighted by atomic mass is 32.2. The van der Waals surface area contributed by atoms with E-state index in [4.69, 9.17) is 0 Å². The number of piperidine rings is 1. The zero-order valence-electron chi connectivity index (χ0n) is 11.3. The zero-order valence-corrected chi connectivity index (χ0v) is 12.1. The van der Waals surface area contributed by atoms with Crippen LogP contribution in [0.4, 0.5) is 5.69 Å². The first-order valence-corrected chi connectivity index (χ1v) is 8.22. The molecule has 19 heavy (non-hydrogen) atoms. The Hall–Kier alpha value is -1.00. The van der Waals surface area contributed by atoms with Crippen LogP contribution in [0.25, 0.3) is 0 Å². The third kappa shape index (κ3) is 2.95. The van der Waals surface area contributed by atoms with Crippen LogP contribution in [0.3, 0.4) is 0 Å². The summed E-state index contributed by atoms with van der Waals surface area (Å²) in [6.45, 7) is 0.847. The van der Waals surface area contributed by atoms with Crippen LogP contribution >= 0.6 is 11.8 Å². The first-order valence-electron chi connectivity index (χ1n) is 6.99. The molecule has 1 atom stereocenters. The van der Waals surface area contributed by atoms with Gasteiger partial charge in [0.1, 0.15) is 0 Å². The van der Waals surface area contributed by atoms with Gasteiger partial charge in [0.25, 0.3) is 0 Å². The Morgan fingerprint density at radius 3 is 2.89 bits per heavy atom. The Morgan fingerprint density at radius 1 is 1.32 bits per heavy atom. The molecule has 2 aliphatic rings. The van der Waals surface area contributed by atoms with Gasteiger partial charge in [-0.05, 0) is 50.1 Å². The smallest absolute Gasteiger partial charge is 0.244 e. The standard InChI is InChI=1S/C15H20N2OS/c1-19-13-5-2-4-12(10-13)17-9-3-6-14(15(17)18)16-11-7-8-11/h2,4-5,10-11,14,16H,3,6-9H2,1H3. The van der Waals surface area contributed by atoms with Gasteiger partial charge in [-0.15, -0.1) is 11.8 Å². The molecule has 2 fully saturated rings. The minimum absolute atomic E-state index is 0.0270. The number of carbonyl (C=O) groups excluding carboxylic acids is 1. The van der Waals surface area contributed by atoms with Crippen molar-refractivity contribution in [3.63, 3.8) is 0 Å². The van der Waals surface area contributed by atoms with E-state index in [1.54, 1.807) is 11.8 Å². The van der Waals surface area contributed by atoms with Crippen LogP contribution in [0.2, 0.25) is 0 Å². The summed E-state index contributed by atoms with van der Waals surface area (Å²) in [5, 5.41) is 3.47. The number of rotatable bonds is 4. The normalized spacial score (nSPS) is 23.7. The fourth-order valence-electron chi connectivity index (χ4n) is 2.60. The van der Waals surface area contributed by atoms with Crippen LogP contribution in [-0.2, 0) is 4.79 Å². The largest absolute Gasteiger partial charge is 0.311 e. The zero-order chi connectivity index (χ0) is 13.2. The Balaban J connectivity index is 1.76. The van der Waals surface area contributed by atoms with Crippen LogP contribution in [0, 0.1) is 0 Å². The molecule has 1 aliphatic carbocycles. The lowest BCUT2D eigenvalue weighted by Gasteiger charge is -2.33. The van der Waals surface area contributed by atoms with E-state index in [1.165, 1.54) is 17.7 Å². The van der Waals surface area contributed by atoms with Gasteiger partial charge < -0.3 is 10.2 Å². The van der Waals surface area contributed by atoms with Gasteiger partial charge in [-0.3, -0.25) is 4.79 Å². The fourth-order valence-corrected chi connectivity index (χ4v) is 3.05. The van der Waals surface area contributed by atoms with Crippen molar-refractivity contribution in [2.45, 2.75) is 42.7 Å². The van der Waals surface area contributed by atoms with Crippen molar-refractivity contribution in [2.24, 2.45) is 0 Å². The van der Waals surface area contributed by atoms with Gasteiger partial charge in [-0.25, -0.2) is 0 Å². The van der Waals surface area contributed by atoms with Gasteiger partial charge in [0.2, 0.25) is 5.91 Å². The van der Waals surface area contributed by atoms with Crippen molar-refractivity contribution >= 4 is 23.4 Å². The predicted molar refractivity (Wildman–Crippen MR) is 79.8 cm³/mol. The third-order valence-corrected chi connectivity index (χ3v) is 4.54. The van der Waals surface area contributed by atoms with E-state index in [0.717, 1.165) is 25.1 Å². The lowest BCUT2D eigenvalue weighted by atomic mass is 10.0. The molecular formula is C15H20N2OS. The number of thioether (sulfide) groups is 1. The molecule has 1 saturated heterocycles. The number of benzene rings is 1. The van der Waals surface area contributed by atoms with Gasteiger partial charge in [-0.1, -0.05) is 6.07 Å². The molecule has 102 valence electrons. The minimum Gasteiger partial charge on any atom is -0.311 e. The molecule has 1 saturated carbocycles. The molecule has 0 spiro atoms. The van der Waals surface area contributed by atoms with Gasteiger partial charge >= 0.3 is 0 Å². The summed E-state index contributed by atoms with van der Waals surface area (Å²) in [5.74, 6) is 0.247. The molecule has 1 unspecified atom stereocenters. The van der Waals surface area contributed by atoms with Crippen molar-refractivity contribution in [1.82, 2.24) is 5.32 Å². The van der Waals surface area contributed by atoms with Crippen LogP contribution in [0.15, 0.2) is 29.2 Å². The van der Waals surface area contributed by atoms with Crippen LogP contribution < -0.4 is 10.2 Å². The molecule has 3 nitrogen and oxygen atoms in total. The second kappa shape index (κ2) is 5.55. The summed E-state index contributed by atoms with van der Waals surface area (Å²) >= 11 is 1.72. The van der Waals surface area contributed by atoms with E-state index in [2.05, 4.69) is 23.7 Å². The number of amides is 1. The van der Waals surface area contributed by atoms with Crippen molar-refractivity contribution in [3.8, 4) is 0 Å². The van der Waals surface area contributed by atoms with Gasteiger partial charge in [0.05, 0.1) is 6.04 Å². The number of nitrogens with one attached hydrogen (secondary N) is 1. The van der Waals surface area contributed by atoms with E-state index in [1.807, 2.05) is 17.0 Å². The van der Waals surface area contributed by atoms with Crippen molar-refractivity contribution in [3.05, 3.63) is 24.3 Å². The van der Waals surface area contributed by atoms with Crippen LogP contribution in [0.5, 0.6) is 0 Å². The first-order chi connectivity index (χ1) is 9.28. The SMILES string of the molecule is CSc1cccc(N2CCCC(NC3CC3)C2=O)c1. The van der Waals surface area contributed by atoms with E-state index in [0.29, 0.717) is 6.04 Å².